The molecule has 10 heteroatoms. The van der Waals surface area contributed by atoms with Gasteiger partial charge in [-0.15, -0.1) is 10.2 Å². The van der Waals surface area contributed by atoms with Crippen molar-refractivity contribution in [2.24, 2.45) is 0 Å². The summed E-state index contributed by atoms with van der Waals surface area (Å²) >= 11 is 3.05. The van der Waals surface area contributed by atoms with Gasteiger partial charge in [0.05, 0.1) is 18.1 Å². The van der Waals surface area contributed by atoms with Crippen LogP contribution in [0, 0.1) is 0 Å². The smallest absolute Gasteiger partial charge is 0.243 e. The lowest BCUT2D eigenvalue weighted by molar-refractivity contribution is 0.0730. The molecule has 136 valence electrons. The van der Waals surface area contributed by atoms with E-state index in [0.717, 1.165) is 21.6 Å². The zero-order valence-corrected chi connectivity index (χ0v) is 16.3. The summed E-state index contributed by atoms with van der Waals surface area (Å²) in [7, 11) is -3.46. The number of anilines is 1. The first-order valence-corrected chi connectivity index (χ1v) is 11.2. The summed E-state index contributed by atoms with van der Waals surface area (Å²) < 4.78 is 33.0. The molecule has 0 atom stereocenters. The van der Waals surface area contributed by atoms with Gasteiger partial charge in [-0.1, -0.05) is 35.2 Å². The van der Waals surface area contributed by atoms with Crippen LogP contribution in [0.15, 0.2) is 33.5 Å². The first-order valence-electron chi connectivity index (χ1n) is 7.96. The van der Waals surface area contributed by atoms with E-state index in [4.69, 9.17) is 4.74 Å². The Balaban J connectivity index is 1.68. The average Bonchev–Trinajstić information content (AvgIpc) is 3.09. The summed E-state index contributed by atoms with van der Waals surface area (Å²) in [5.74, 6) is 0.646. The minimum Gasteiger partial charge on any atom is -0.379 e. The van der Waals surface area contributed by atoms with E-state index in [-0.39, 0.29) is 0 Å². The summed E-state index contributed by atoms with van der Waals surface area (Å²) in [5.41, 5.74) is 0.944. The maximum absolute atomic E-state index is 12.7. The SMILES string of the molecule is CCNc1nnc(SCc2cccc(S(=O)(=O)N3CCOCC3)c2)s1. The first kappa shape index (κ1) is 18.6. The molecule has 1 N–H and O–H groups in total. The van der Waals surface area contributed by atoms with Gasteiger partial charge in [-0.3, -0.25) is 0 Å². The number of morpholine rings is 1. The quantitative estimate of drug-likeness (QED) is 0.714. The van der Waals surface area contributed by atoms with E-state index in [0.29, 0.717) is 37.0 Å². The fourth-order valence-corrected chi connectivity index (χ4v) is 5.61. The van der Waals surface area contributed by atoms with E-state index in [1.165, 1.54) is 15.6 Å². The van der Waals surface area contributed by atoms with Gasteiger partial charge < -0.3 is 10.1 Å². The molecule has 0 radical (unpaired) electrons. The minimum absolute atomic E-state index is 0.332. The lowest BCUT2D eigenvalue weighted by Gasteiger charge is -2.26. The maximum Gasteiger partial charge on any atom is 0.243 e. The molecule has 2 heterocycles. The highest BCUT2D eigenvalue weighted by Crippen LogP contribution is 2.29. The molecule has 1 aromatic carbocycles. The van der Waals surface area contributed by atoms with E-state index >= 15 is 0 Å². The summed E-state index contributed by atoms with van der Waals surface area (Å²) in [6.45, 7) is 4.51. The number of benzene rings is 1. The third kappa shape index (κ3) is 4.70. The molecule has 7 nitrogen and oxygen atoms in total. The number of hydrogen-bond donors (Lipinski definition) is 1. The molecule has 2 aromatic rings. The molecule has 0 bridgehead atoms. The van der Waals surface area contributed by atoms with Crippen LogP contribution in [0.4, 0.5) is 5.13 Å². The Morgan fingerprint density at radius 2 is 2.12 bits per heavy atom. The van der Waals surface area contributed by atoms with E-state index in [1.54, 1.807) is 30.0 Å². The van der Waals surface area contributed by atoms with Crippen LogP contribution in [0.2, 0.25) is 0 Å². The van der Waals surface area contributed by atoms with Crippen LogP contribution in [0.1, 0.15) is 12.5 Å². The molecule has 1 aromatic heterocycles. The molecule has 1 aliphatic rings. The van der Waals surface area contributed by atoms with Crippen molar-refractivity contribution < 1.29 is 13.2 Å². The van der Waals surface area contributed by atoms with Crippen LogP contribution >= 0.6 is 23.1 Å². The van der Waals surface area contributed by atoms with Crippen LogP contribution in [0.25, 0.3) is 0 Å². The molecule has 1 aliphatic heterocycles. The number of aromatic nitrogens is 2. The van der Waals surface area contributed by atoms with Crippen molar-refractivity contribution in [1.29, 1.82) is 0 Å². The number of thioether (sulfide) groups is 1. The van der Waals surface area contributed by atoms with E-state index in [9.17, 15) is 8.42 Å². The second kappa shape index (κ2) is 8.45. The largest absolute Gasteiger partial charge is 0.379 e. The highest BCUT2D eigenvalue weighted by Gasteiger charge is 2.26. The highest BCUT2D eigenvalue weighted by atomic mass is 32.2. The number of rotatable bonds is 7. The Bertz CT molecular complexity index is 804. The average molecular weight is 401 g/mol. The predicted molar refractivity (Wildman–Crippen MR) is 99.7 cm³/mol. The Morgan fingerprint density at radius 3 is 2.88 bits per heavy atom. The van der Waals surface area contributed by atoms with E-state index in [2.05, 4.69) is 15.5 Å². The van der Waals surface area contributed by atoms with Crippen molar-refractivity contribution in [3.05, 3.63) is 29.8 Å². The molecule has 25 heavy (non-hydrogen) atoms. The predicted octanol–water partition coefficient (Wildman–Crippen LogP) is 2.28. The molecule has 0 spiro atoms. The summed E-state index contributed by atoms with van der Waals surface area (Å²) in [6, 6.07) is 7.10. The van der Waals surface area contributed by atoms with Crippen LogP contribution in [0.3, 0.4) is 0 Å². The van der Waals surface area contributed by atoms with Gasteiger partial charge in [0, 0.05) is 25.4 Å². The summed E-state index contributed by atoms with van der Waals surface area (Å²) in [4.78, 5) is 0.332. The molecule has 3 rings (SSSR count). The highest BCUT2D eigenvalue weighted by molar-refractivity contribution is 8.00. The van der Waals surface area contributed by atoms with Crippen molar-refractivity contribution in [2.75, 3.05) is 38.2 Å². The van der Waals surface area contributed by atoms with Crippen molar-refractivity contribution in [3.8, 4) is 0 Å². The van der Waals surface area contributed by atoms with Crippen molar-refractivity contribution >= 4 is 38.3 Å². The Morgan fingerprint density at radius 1 is 1.32 bits per heavy atom. The molecule has 0 amide bonds. The molecule has 0 saturated carbocycles. The number of hydrogen-bond acceptors (Lipinski definition) is 8. The van der Waals surface area contributed by atoms with Crippen LogP contribution in [-0.2, 0) is 20.5 Å². The lowest BCUT2D eigenvalue weighted by Crippen LogP contribution is -2.40. The summed E-state index contributed by atoms with van der Waals surface area (Å²) in [5, 5.41) is 12.1. The standard InChI is InChI=1S/C15H20N4O3S3/c1-2-16-14-17-18-15(24-14)23-11-12-4-3-5-13(10-12)25(20,21)19-6-8-22-9-7-19/h3-5,10H,2,6-9,11H2,1H3,(H,16,17). The van der Waals surface area contributed by atoms with Crippen LogP contribution in [0.5, 0.6) is 0 Å². The van der Waals surface area contributed by atoms with Crippen molar-refractivity contribution in [3.63, 3.8) is 0 Å². The number of nitrogens with zero attached hydrogens (tertiary/aromatic N) is 3. The van der Waals surface area contributed by atoms with Crippen LogP contribution in [-0.4, -0.2) is 55.8 Å². The van der Waals surface area contributed by atoms with Gasteiger partial charge in [0.25, 0.3) is 0 Å². The molecule has 1 saturated heterocycles. The topological polar surface area (TPSA) is 84.4 Å². The van der Waals surface area contributed by atoms with Gasteiger partial charge in [0.1, 0.15) is 0 Å². The number of ether oxygens (including phenoxy) is 1. The zero-order valence-electron chi connectivity index (χ0n) is 13.8. The second-order valence-electron chi connectivity index (χ2n) is 5.36. The Labute approximate surface area is 155 Å². The lowest BCUT2D eigenvalue weighted by atomic mass is 10.2. The monoisotopic (exact) mass is 400 g/mol. The van der Waals surface area contributed by atoms with Crippen molar-refractivity contribution in [1.82, 2.24) is 14.5 Å². The normalized spacial score (nSPS) is 16.0. The minimum atomic E-state index is -3.46. The number of sulfonamides is 1. The van der Waals surface area contributed by atoms with Gasteiger partial charge in [-0.2, -0.15) is 4.31 Å². The fraction of sp³-hybridized carbons (Fsp3) is 0.467. The molecule has 0 unspecified atom stereocenters. The molecular weight excluding hydrogens is 380 g/mol. The van der Waals surface area contributed by atoms with Gasteiger partial charge >= 0.3 is 0 Å². The molecule has 0 aliphatic carbocycles. The van der Waals surface area contributed by atoms with E-state index in [1.807, 2.05) is 13.0 Å². The van der Waals surface area contributed by atoms with Crippen molar-refractivity contribution in [2.45, 2.75) is 21.9 Å². The Hall–Kier alpha value is -1.20. The van der Waals surface area contributed by atoms with E-state index < -0.39 is 10.0 Å². The van der Waals surface area contributed by atoms with Crippen LogP contribution < -0.4 is 5.32 Å². The second-order valence-corrected chi connectivity index (χ2v) is 9.49. The maximum atomic E-state index is 12.7. The van der Waals surface area contributed by atoms with Gasteiger partial charge in [0.15, 0.2) is 4.34 Å². The fourth-order valence-electron chi connectivity index (χ4n) is 2.37. The molecule has 1 fully saturated rings. The zero-order chi connectivity index (χ0) is 17.7. The summed E-state index contributed by atoms with van der Waals surface area (Å²) in [6.07, 6.45) is 0. The van der Waals surface area contributed by atoms with Gasteiger partial charge in [0.2, 0.25) is 15.2 Å². The Kier molecular flexibility index (Phi) is 6.29. The number of nitrogens with one attached hydrogen (secondary N) is 1. The third-order valence-electron chi connectivity index (χ3n) is 3.60. The molecular formula is C15H20N4O3S3. The first-order chi connectivity index (χ1) is 12.1. The van der Waals surface area contributed by atoms with Gasteiger partial charge in [-0.25, -0.2) is 8.42 Å². The third-order valence-corrected chi connectivity index (χ3v) is 7.58. The van der Waals surface area contributed by atoms with Gasteiger partial charge in [-0.05, 0) is 24.6 Å².